The SMILES string of the molecule is [CH2]CCCOCC(C)c1nnn[nH]1. The van der Waals surface area contributed by atoms with Crippen molar-refractivity contribution in [1.82, 2.24) is 20.6 Å². The minimum atomic E-state index is 0.222. The minimum Gasteiger partial charge on any atom is -0.381 e. The van der Waals surface area contributed by atoms with Crippen LogP contribution in [-0.4, -0.2) is 33.8 Å². The lowest BCUT2D eigenvalue weighted by molar-refractivity contribution is 0.120. The van der Waals surface area contributed by atoms with Gasteiger partial charge in [0, 0.05) is 12.5 Å². The summed E-state index contributed by atoms with van der Waals surface area (Å²) >= 11 is 0. The van der Waals surface area contributed by atoms with Crippen molar-refractivity contribution < 1.29 is 4.74 Å². The first-order chi connectivity index (χ1) is 6.34. The summed E-state index contributed by atoms with van der Waals surface area (Å²) in [5.74, 6) is 0.995. The molecular weight excluding hydrogens is 168 g/mol. The van der Waals surface area contributed by atoms with Crippen LogP contribution in [0, 0.1) is 6.92 Å². The first-order valence-electron chi connectivity index (χ1n) is 4.45. The molecule has 0 aliphatic heterocycles. The summed E-state index contributed by atoms with van der Waals surface area (Å²) in [4.78, 5) is 0. The molecule has 1 aromatic heterocycles. The van der Waals surface area contributed by atoms with Gasteiger partial charge in [-0.25, -0.2) is 5.10 Å². The van der Waals surface area contributed by atoms with Gasteiger partial charge in [-0.3, -0.25) is 0 Å². The van der Waals surface area contributed by atoms with E-state index < -0.39 is 0 Å². The van der Waals surface area contributed by atoms with Gasteiger partial charge in [-0.1, -0.05) is 20.3 Å². The molecular formula is C8H15N4O. The molecule has 13 heavy (non-hydrogen) atoms. The predicted molar refractivity (Wildman–Crippen MR) is 48.0 cm³/mol. The number of aromatic nitrogens is 4. The van der Waals surface area contributed by atoms with Crippen molar-refractivity contribution in [3.05, 3.63) is 12.7 Å². The van der Waals surface area contributed by atoms with Gasteiger partial charge in [0.25, 0.3) is 0 Å². The summed E-state index contributed by atoms with van der Waals surface area (Å²) in [6.45, 7) is 7.16. The molecule has 0 amide bonds. The highest BCUT2D eigenvalue weighted by Crippen LogP contribution is 2.07. The predicted octanol–water partition coefficient (Wildman–Crippen LogP) is 0.934. The van der Waals surface area contributed by atoms with Gasteiger partial charge in [0.15, 0.2) is 5.82 Å². The van der Waals surface area contributed by atoms with Gasteiger partial charge in [-0.15, -0.1) is 5.10 Å². The van der Waals surface area contributed by atoms with E-state index in [4.69, 9.17) is 4.74 Å². The molecule has 1 atom stereocenters. The average molecular weight is 183 g/mol. The first kappa shape index (κ1) is 10.1. The molecule has 1 aromatic rings. The lowest BCUT2D eigenvalue weighted by atomic mass is 10.2. The number of tetrazole rings is 1. The normalized spacial score (nSPS) is 13.1. The average Bonchev–Trinajstić information content (AvgIpc) is 2.65. The second-order valence-corrected chi connectivity index (χ2v) is 2.97. The van der Waals surface area contributed by atoms with Crippen LogP contribution in [0.3, 0.4) is 0 Å². The fourth-order valence-corrected chi connectivity index (χ4v) is 0.918. The Balaban J connectivity index is 2.15. The number of nitrogens with one attached hydrogen (secondary N) is 1. The molecule has 1 heterocycles. The molecule has 1 N–H and O–H groups in total. The van der Waals surface area contributed by atoms with Gasteiger partial charge in [0.2, 0.25) is 0 Å². The zero-order valence-corrected chi connectivity index (χ0v) is 7.86. The topological polar surface area (TPSA) is 63.7 Å². The largest absolute Gasteiger partial charge is 0.381 e. The molecule has 5 nitrogen and oxygen atoms in total. The number of nitrogens with zero attached hydrogens (tertiary/aromatic N) is 3. The Kier molecular flexibility index (Phi) is 4.39. The van der Waals surface area contributed by atoms with Crippen LogP contribution in [0.4, 0.5) is 0 Å². The molecule has 5 heteroatoms. The molecule has 1 radical (unpaired) electrons. The van der Waals surface area contributed by atoms with Gasteiger partial charge in [-0.2, -0.15) is 0 Å². The molecule has 73 valence electrons. The van der Waals surface area contributed by atoms with E-state index in [1.54, 1.807) is 0 Å². The summed E-state index contributed by atoms with van der Waals surface area (Å²) in [6.07, 6.45) is 1.92. The lowest BCUT2D eigenvalue weighted by Crippen LogP contribution is -2.07. The van der Waals surface area contributed by atoms with Crippen molar-refractivity contribution in [3.63, 3.8) is 0 Å². The number of ether oxygens (including phenoxy) is 1. The van der Waals surface area contributed by atoms with Crippen molar-refractivity contribution in [2.24, 2.45) is 0 Å². The number of aromatic amines is 1. The van der Waals surface area contributed by atoms with Crippen LogP contribution in [0.15, 0.2) is 0 Å². The summed E-state index contributed by atoms with van der Waals surface area (Å²) in [7, 11) is 0. The van der Waals surface area contributed by atoms with E-state index >= 15 is 0 Å². The number of rotatable bonds is 6. The van der Waals surface area contributed by atoms with Crippen LogP contribution < -0.4 is 0 Å². The van der Waals surface area contributed by atoms with E-state index in [2.05, 4.69) is 27.5 Å². The molecule has 0 aromatic carbocycles. The maximum absolute atomic E-state index is 5.40. The number of hydrogen-bond donors (Lipinski definition) is 1. The highest BCUT2D eigenvalue weighted by atomic mass is 16.5. The molecule has 1 unspecified atom stereocenters. The highest BCUT2D eigenvalue weighted by Gasteiger charge is 2.08. The Morgan fingerprint density at radius 3 is 3.08 bits per heavy atom. The van der Waals surface area contributed by atoms with E-state index in [0.717, 1.165) is 25.3 Å². The Labute approximate surface area is 77.9 Å². The summed E-state index contributed by atoms with van der Waals surface area (Å²) < 4.78 is 5.40. The maximum atomic E-state index is 5.40. The third-order valence-electron chi connectivity index (χ3n) is 1.74. The molecule has 0 bridgehead atoms. The van der Waals surface area contributed by atoms with Gasteiger partial charge in [-0.05, 0) is 16.8 Å². The van der Waals surface area contributed by atoms with E-state index in [-0.39, 0.29) is 5.92 Å². The Morgan fingerprint density at radius 1 is 1.62 bits per heavy atom. The second-order valence-electron chi connectivity index (χ2n) is 2.97. The fraction of sp³-hybridized carbons (Fsp3) is 0.750. The first-order valence-corrected chi connectivity index (χ1v) is 4.45. The summed E-state index contributed by atoms with van der Waals surface area (Å²) in [5.41, 5.74) is 0. The molecule has 0 spiro atoms. The van der Waals surface area contributed by atoms with E-state index in [9.17, 15) is 0 Å². The van der Waals surface area contributed by atoms with Gasteiger partial charge in [0.1, 0.15) is 0 Å². The molecule has 0 saturated heterocycles. The molecule has 0 aliphatic rings. The van der Waals surface area contributed by atoms with Crippen molar-refractivity contribution >= 4 is 0 Å². The van der Waals surface area contributed by atoms with Crippen LogP contribution >= 0.6 is 0 Å². The molecule has 1 rings (SSSR count). The third-order valence-corrected chi connectivity index (χ3v) is 1.74. The number of hydrogen-bond acceptors (Lipinski definition) is 4. The molecule has 0 saturated carbocycles. The zero-order chi connectivity index (χ0) is 9.52. The van der Waals surface area contributed by atoms with Crippen molar-refractivity contribution in [2.45, 2.75) is 25.7 Å². The van der Waals surface area contributed by atoms with Gasteiger partial charge >= 0.3 is 0 Å². The van der Waals surface area contributed by atoms with Crippen molar-refractivity contribution in [2.75, 3.05) is 13.2 Å². The van der Waals surface area contributed by atoms with Crippen LogP contribution in [-0.2, 0) is 4.74 Å². The van der Waals surface area contributed by atoms with E-state index in [0.29, 0.717) is 6.61 Å². The number of H-pyrrole nitrogens is 1. The van der Waals surface area contributed by atoms with E-state index in [1.807, 2.05) is 6.92 Å². The Hall–Kier alpha value is -0.970. The third kappa shape index (κ3) is 3.50. The van der Waals surface area contributed by atoms with Gasteiger partial charge in [0.05, 0.1) is 6.61 Å². The van der Waals surface area contributed by atoms with Crippen molar-refractivity contribution in [1.29, 1.82) is 0 Å². The highest BCUT2D eigenvalue weighted by molar-refractivity contribution is 4.86. The lowest BCUT2D eigenvalue weighted by Gasteiger charge is -2.07. The quantitative estimate of drug-likeness (QED) is 0.666. The van der Waals surface area contributed by atoms with Crippen LogP contribution in [0.25, 0.3) is 0 Å². The van der Waals surface area contributed by atoms with Crippen molar-refractivity contribution in [3.8, 4) is 0 Å². The van der Waals surface area contributed by atoms with Crippen LogP contribution in [0.5, 0.6) is 0 Å². The molecule has 0 aliphatic carbocycles. The zero-order valence-electron chi connectivity index (χ0n) is 7.86. The number of unbranched alkanes of at least 4 members (excludes halogenated alkanes) is 1. The van der Waals surface area contributed by atoms with E-state index in [1.165, 1.54) is 0 Å². The monoisotopic (exact) mass is 183 g/mol. The minimum absolute atomic E-state index is 0.222. The second kappa shape index (κ2) is 5.64. The van der Waals surface area contributed by atoms with Crippen LogP contribution in [0.1, 0.15) is 31.5 Å². The summed E-state index contributed by atoms with van der Waals surface area (Å²) in [6, 6.07) is 0. The fourth-order valence-electron chi connectivity index (χ4n) is 0.918. The van der Waals surface area contributed by atoms with Crippen LogP contribution in [0.2, 0.25) is 0 Å². The van der Waals surface area contributed by atoms with Gasteiger partial charge < -0.3 is 4.74 Å². The summed E-state index contributed by atoms with van der Waals surface area (Å²) in [5, 5.41) is 13.5. The Morgan fingerprint density at radius 2 is 2.46 bits per heavy atom. The Bertz CT molecular complexity index is 212. The smallest absolute Gasteiger partial charge is 0.153 e. The standard InChI is InChI=1S/C8H15N4O/c1-3-4-5-13-6-7(2)8-9-11-12-10-8/h7H,1,3-6H2,2H3,(H,9,10,11,12). The maximum Gasteiger partial charge on any atom is 0.153 e. The molecule has 0 fully saturated rings.